The highest BCUT2D eigenvalue weighted by molar-refractivity contribution is 5.25. The van der Waals surface area contributed by atoms with Gasteiger partial charge in [0.1, 0.15) is 5.82 Å². The molecule has 4 heteroatoms. The summed E-state index contributed by atoms with van der Waals surface area (Å²) in [6.07, 6.45) is 0.999. The van der Waals surface area contributed by atoms with Gasteiger partial charge in [-0.1, -0.05) is 6.92 Å². The van der Waals surface area contributed by atoms with E-state index in [1.807, 2.05) is 14.0 Å². The molecule has 4 nitrogen and oxygen atoms in total. The van der Waals surface area contributed by atoms with Crippen LogP contribution in [0.4, 0.5) is 0 Å². The summed E-state index contributed by atoms with van der Waals surface area (Å²) >= 11 is 0. The van der Waals surface area contributed by atoms with Crippen LogP contribution in [0.3, 0.4) is 0 Å². The van der Waals surface area contributed by atoms with Gasteiger partial charge >= 0.3 is 0 Å². The van der Waals surface area contributed by atoms with Gasteiger partial charge in [0, 0.05) is 6.54 Å². The van der Waals surface area contributed by atoms with Crippen molar-refractivity contribution in [2.45, 2.75) is 32.9 Å². The van der Waals surface area contributed by atoms with Crippen molar-refractivity contribution in [2.24, 2.45) is 0 Å². The Labute approximate surface area is 83.0 Å². The monoisotopic (exact) mass is 193 g/mol. The van der Waals surface area contributed by atoms with Gasteiger partial charge in [0.15, 0.2) is 0 Å². The molecule has 0 saturated heterocycles. The molecule has 0 saturated carbocycles. The highest BCUT2D eigenvalue weighted by atomic mass is 16.1. The predicted octanol–water partition coefficient (Wildman–Crippen LogP) is 0.975. The molecule has 0 fully saturated rings. The molecule has 0 radical (unpaired) electrons. The zero-order valence-electron chi connectivity index (χ0n) is 8.79. The van der Waals surface area contributed by atoms with Gasteiger partial charge in [0.2, 0.25) is 0 Å². The molecule has 0 spiro atoms. The van der Waals surface area contributed by atoms with E-state index in [9.17, 15) is 4.79 Å². The number of fused-ring (bicyclic) bond motifs is 1. The Balaban J connectivity index is 2.58. The summed E-state index contributed by atoms with van der Waals surface area (Å²) in [5.74, 6) is 0.711. The van der Waals surface area contributed by atoms with E-state index in [0.717, 1.165) is 24.2 Å². The molecule has 0 aromatic carbocycles. The molecule has 2 rings (SSSR count). The smallest absolute Gasteiger partial charge is 0.255 e. The van der Waals surface area contributed by atoms with Crippen LogP contribution in [0.15, 0.2) is 4.79 Å². The lowest BCUT2D eigenvalue weighted by Gasteiger charge is -2.16. The highest BCUT2D eigenvalue weighted by Gasteiger charge is 2.29. The first-order valence-corrected chi connectivity index (χ1v) is 4.93. The van der Waals surface area contributed by atoms with Crippen LogP contribution in [0.25, 0.3) is 0 Å². The second kappa shape index (κ2) is 3.20. The van der Waals surface area contributed by atoms with Gasteiger partial charge in [-0.3, -0.25) is 9.69 Å². The maximum atomic E-state index is 11.6. The second-order valence-electron chi connectivity index (χ2n) is 3.85. The Morgan fingerprint density at radius 3 is 3.00 bits per heavy atom. The number of aryl methyl sites for hydroxylation is 1. The topological polar surface area (TPSA) is 49.0 Å². The van der Waals surface area contributed by atoms with Crippen molar-refractivity contribution in [3.05, 3.63) is 27.4 Å². The van der Waals surface area contributed by atoms with E-state index >= 15 is 0 Å². The SMILES string of the molecule is CCC1c2nc(C)[nH]c(=O)c2CN1C. The molecule has 1 aromatic rings. The zero-order valence-corrected chi connectivity index (χ0v) is 8.79. The minimum atomic E-state index is 0.0234. The largest absolute Gasteiger partial charge is 0.310 e. The minimum Gasteiger partial charge on any atom is -0.310 e. The van der Waals surface area contributed by atoms with Gasteiger partial charge in [0.25, 0.3) is 5.56 Å². The first-order chi connectivity index (χ1) is 6.63. The summed E-state index contributed by atoms with van der Waals surface area (Å²) in [4.78, 5) is 21.0. The number of nitrogens with zero attached hydrogens (tertiary/aromatic N) is 2. The van der Waals surface area contributed by atoms with Crippen molar-refractivity contribution < 1.29 is 0 Å². The third-order valence-corrected chi connectivity index (χ3v) is 2.81. The number of aromatic nitrogens is 2. The van der Waals surface area contributed by atoms with Crippen LogP contribution in [0.1, 0.15) is 36.5 Å². The zero-order chi connectivity index (χ0) is 10.3. The quantitative estimate of drug-likeness (QED) is 0.723. The van der Waals surface area contributed by atoms with Gasteiger partial charge in [-0.25, -0.2) is 4.98 Å². The van der Waals surface area contributed by atoms with E-state index < -0.39 is 0 Å². The molecule has 0 bridgehead atoms. The van der Waals surface area contributed by atoms with E-state index in [4.69, 9.17) is 0 Å². The Morgan fingerprint density at radius 1 is 1.64 bits per heavy atom. The van der Waals surface area contributed by atoms with E-state index in [1.54, 1.807) is 0 Å². The third kappa shape index (κ3) is 1.26. The average Bonchev–Trinajstić information content (AvgIpc) is 2.41. The average molecular weight is 193 g/mol. The van der Waals surface area contributed by atoms with Crippen molar-refractivity contribution >= 4 is 0 Å². The lowest BCUT2D eigenvalue weighted by Crippen LogP contribution is -2.16. The van der Waals surface area contributed by atoms with Crippen LogP contribution in [0.2, 0.25) is 0 Å². The lowest BCUT2D eigenvalue weighted by atomic mass is 10.1. The fraction of sp³-hybridized carbons (Fsp3) is 0.600. The number of hydrogen-bond acceptors (Lipinski definition) is 3. The van der Waals surface area contributed by atoms with E-state index in [0.29, 0.717) is 11.9 Å². The normalized spacial score (nSPS) is 21.2. The summed E-state index contributed by atoms with van der Waals surface area (Å²) in [5.41, 5.74) is 1.83. The standard InChI is InChI=1S/C10H15N3O/c1-4-8-9-7(5-13(8)3)10(14)12-6(2)11-9/h8H,4-5H2,1-3H3,(H,11,12,14). The fourth-order valence-corrected chi connectivity index (χ4v) is 2.13. The first kappa shape index (κ1) is 9.40. The summed E-state index contributed by atoms with van der Waals surface area (Å²) in [5, 5.41) is 0. The third-order valence-electron chi connectivity index (χ3n) is 2.81. The molecule has 1 aliphatic rings. The van der Waals surface area contributed by atoms with Crippen molar-refractivity contribution in [1.29, 1.82) is 0 Å². The Hall–Kier alpha value is -1.16. The predicted molar refractivity (Wildman–Crippen MR) is 54.1 cm³/mol. The molecule has 1 aromatic heterocycles. The molecule has 1 aliphatic heterocycles. The second-order valence-corrected chi connectivity index (χ2v) is 3.85. The Morgan fingerprint density at radius 2 is 2.36 bits per heavy atom. The molecule has 1 atom stereocenters. The van der Waals surface area contributed by atoms with Crippen LogP contribution in [-0.4, -0.2) is 21.9 Å². The van der Waals surface area contributed by atoms with Crippen LogP contribution in [-0.2, 0) is 6.54 Å². The highest BCUT2D eigenvalue weighted by Crippen LogP contribution is 2.30. The molecule has 1 unspecified atom stereocenters. The molecule has 2 heterocycles. The van der Waals surface area contributed by atoms with Crippen molar-refractivity contribution in [3.63, 3.8) is 0 Å². The minimum absolute atomic E-state index is 0.0234. The van der Waals surface area contributed by atoms with Gasteiger partial charge in [0.05, 0.1) is 17.3 Å². The number of aromatic amines is 1. The lowest BCUT2D eigenvalue weighted by molar-refractivity contribution is 0.259. The number of nitrogens with one attached hydrogen (secondary N) is 1. The van der Waals surface area contributed by atoms with Crippen molar-refractivity contribution in [3.8, 4) is 0 Å². The van der Waals surface area contributed by atoms with Crippen LogP contribution < -0.4 is 5.56 Å². The van der Waals surface area contributed by atoms with E-state index in [1.165, 1.54) is 0 Å². The first-order valence-electron chi connectivity index (χ1n) is 4.93. The van der Waals surface area contributed by atoms with Gasteiger partial charge in [-0.05, 0) is 20.4 Å². The summed E-state index contributed by atoms with van der Waals surface area (Å²) in [6.45, 7) is 4.66. The van der Waals surface area contributed by atoms with Gasteiger partial charge in [-0.15, -0.1) is 0 Å². The molecule has 0 amide bonds. The number of rotatable bonds is 1. The summed E-state index contributed by atoms with van der Waals surface area (Å²) in [7, 11) is 2.03. The maximum absolute atomic E-state index is 11.6. The Bertz CT molecular complexity index is 410. The van der Waals surface area contributed by atoms with E-state index in [2.05, 4.69) is 21.8 Å². The van der Waals surface area contributed by atoms with Crippen LogP contribution in [0, 0.1) is 6.92 Å². The van der Waals surface area contributed by atoms with E-state index in [-0.39, 0.29) is 5.56 Å². The fourth-order valence-electron chi connectivity index (χ4n) is 2.13. The van der Waals surface area contributed by atoms with Crippen LogP contribution in [0.5, 0.6) is 0 Å². The van der Waals surface area contributed by atoms with Gasteiger partial charge < -0.3 is 4.98 Å². The summed E-state index contributed by atoms with van der Waals surface area (Å²) < 4.78 is 0. The molecule has 76 valence electrons. The molecule has 14 heavy (non-hydrogen) atoms. The van der Waals surface area contributed by atoms with Crippen molar-refractivity contribution in [2.75, 3.05) is 7.05 Å². The molecular formula is C10H15N3O. The van der Waals surface area contributed by atoms with Crippen molar-refractivity contribution in [1.82, 2.24) is 14.9 Å². The number of hydrogen-bond donors (Lipinski definition) is 1. The summed E-state index contributed by atoms with van der Waals surface area (Å²) in [6, 6.07) is 0.311. The van der Waals surface area contributed by atoms with Gasteiger partial charge in [-0.2, -0.15) is 0 Å². The molecule has 1 N–H and O–H groups in total. The maximum Gasteiger partial charge on any atom is 0.255 e. The molecular weight excluding hydrogens is 178 g/mol. The molecule has 0 aliphatic carbocycles. The Kier molecular flexibility index (Phi) is 2.15. The number of H-pyrrole nitrogens is 1. The van der Waals surface area contributed by atoms with Crippen LogP contribution >= 0.6 is 0 Å².